The minimum absolute atomic E-state index is 0.237. The molecule has 2 rings (SSSR count). The summed E-state index contributed by atoms with van der Waals surface area (Å²) in [6, 6.07) is 6.54. The maximum Gasteiger partial charge on any atom is 0.343 e. The molecule has 20 heavy (non-hydrogen) atoms. The van der Waals surface area contributed by atoms with Gasteiger partial charge in [0.25, 0.3) is 0 Å². The van der Waals surface area contributed by atoms with Crippen molar-refractivity contribution in [2.24, 2.45) is 0 Å². The zero-order chi connectivity index (χ0) is 14.9. The van der Waals surface area contributed by atoms with Gasteiger partial charge in [0.15, 0.2) is 12.4 Å². The molecule has 1 aliphatic rings. The van der Waals surface area contributed by atoms with E-state index in [0.29, 0.717) is 0 Å². The van der Waals surface area contributed by atoms with Crippen LogP contribution in [0.4, 0.5) is 0 Å². The number of esters is 1. The molecule has 0 aromatic heterocycles. The van der Waals surface area contributed by atoms with E-state index in [1.807, 2.05) is 0 Å². The van der Waals surface area contributed by atoms with Gasteiger partial charge in [0.1, 0.15) is 24.1 Å². The number of hydrogen-bond acceptors (Lipinski definition) is 7. The summed E-state index contributed by atoms with van der Waals surface area (Å²) in [5.41, 5.74) is 0. The van der Waals surface area contributed by atoms with Crippen molar-refractivity contribution in [1.82, 2.24) is 0 Å². The fourth-order valence-corrected chi connectivity index (χ4v) is 2.09. The molecule has 1 fully saturated rings. The Morgan fingerprint density at radius 1 is 1.05 bits per heavy atom. The van der Waals surface area contributed by atoms with E-state index in [-0.39, 0.29) is 5.75 Å². The van der Waals surface area contributed by atoms with Crippen LogP contribution in [0.1, 0.15) is 0 Å². The summed E-state index contributed by atoms with van der Waals surface area (Å²) in [5.74, 6) is -0.731. The highest BCUT2D eigenvalue weighted by Gasteiger charge is 2.47. The molecule has 1 saturated heterocycles. The third-order valence-corrected chi connectivity index (χ3v) is 3.57. The summed E-state index contributed by atoms with van der Waals surface area (Å²) in [6.07, 6.45) is -8.43. The molecule has 4 N–H and O–H groups in total. The lowest BCUT2D eigenvalue weighted by Gasteiger charge is -2.36. The lowest BCUT2D eigenvalue weighted by molar-refractivity contribution is -0.279. The highest BCUT2D eigenvalue weighted by molar-refractivity contribution is 14.1. The predicted molar refractivity (Wildman–Crippen MR) is 73.7 cm³/mol. The van der Waals surface area contributed by atoms with Crippen molar-refractivity contribution in [3.8, 4) is 5.75 Å². The molecular weight excluding hydrogens is 383 g/mol. The van der Waals surface area contributed by atoms with Crippen molar-refractivity contribution in [2.45, 2.75) is 30.7 Å². The van der Waals surface area contributed by atoms with Crippen molar-refractivity contribution < 1.29 is 34.7 Å². The third kappa shape index (κ3) is 3.27. The lowest BCUT2D eigenvalue weighted by atomic mass is 9.99. The van der Waals surface area contributed by atoms with Gasteiger partial charge in [-0.05, 0) is 46.9 Å². The number of ether oxygens (including phenoxy) is 2. The highest BCUT2D eigenvalue weighted by atomic mass is 127. The Balaban J connectivity index is 2.06. The number of benzene rings is 1. The van der Waals surface area contributed by atoms with Crippen molar-refractivity contribution >= 4 is 28.6 Å². The van der Waals surface area contributed by atoms with Crippen molar-refractivity contribution in [3.05, 3.63) is 27.8 Å². The maximum absolute atomic E-state index is 11.8. The molecule has 0 bridgehead atoms. The highest BCUT2D eigenvalue weighted by Crippen LogP contribution is 2.22. The molecule has 5 atom stereocenters. The van der Waals surface area contributed by atoms with Crippen LogP contribution >= 0.6 is 22.6 Å². The van der Waals surface area contributed by atoms with Crippen LogP contribution in [0.25, 0.3) is 0 Å². The van der Waals surface area contributed by atoms with Gasteiger partial charge in [-0.3, -0.25) is 0 Å². The quantitative estimate of drug-likeness (QED) is 0.288. The van der Waals surface area contributed by atoms with Crippen LogP contribution in [0, 0.1) is 3.57 Å². The third-order valence-electron chi connectivity index (χ3n) is 2.85. The van der Waals surface area contributed by atoms with Crippen LogP contribution < -0.4 is 4.74 Å². The van der Waals surface area contributed by atoms with Gasteiger partial charge in [0, 0.05) is 3.57 Å². The van der Waals surface area contributed by atoms with Crippen molar-refractivity contribution in [3.63, 3.8) is 0 Å². The largest absolute Gasteiger partial charge is 0.425 e. The van der Waals surface area contributed by atoms with Gasteiger partial charge in [0.05, 0.1) is 0 Å². The number of rotatable bonds is 2. The van der Waals surface area contributed by atoms with Gasteiger partial charge in [-0.2, -0.15) is 0 Å². The Morgan fingerprint density at radius 2 is 1.65 bits per heavy atom. The predicted octanol–water partition coefficient (Wildman–Crippen LogP) is -1.00. The van der Waals surface area contributed by atoms with Gasteiger partial charge in [-0.15, -0.1) is 0 Å². The van der Waals surface area contributed by atoms with Crippen molar-refractivity contribution in [1.29, 1.82) is 0 Å². The first-order valence-electron chi connectivity index (χ1n) is 5.75. The summed E-state index contributed by atoms with van der Waals surface area (Å²) in [7, 11) is 0. The number of aliphatic hydroxyl groups is 4. The van der Waals surface area contributed by atoms with E-state index in [9.17, 15) is 25.2 Å². The molecule has 1 aliphatic heterocycles. The SMILES string of the molecule is O=C(Oc1ccc(I)cc1)[C@H]1O[C@@H](O)[C@H](O)[C@@H](O)[C@@H]1O. The van der Waals surface area contributed by atoms with E-state index in [4.69, 9.17) is 9.47 Å². The smallest absolute Gasteiger partial charge is 0.343 e. The van der Waals surface area contributed by atoms with E-state index in [2.05, 4.69) is 22.6 Å². The summed E-state index contributed by atoms with van der Waals surface area (Å²) in [4.78, 5) is 11.8. The normalized spacial score (nSPS) is 33.8. The van der Waals surface area contributed by atoms with Gasteiger partial charge in [-0.25, -0.2) is 4.79 Å². The second-order valence-corrected chi connectivity index (χ2v) is 5.54. The summed E-state index contributed by atoms with van der Waals surface area (Å²) >= 11 is 2.09. The molecule has 1 aromatic rings. The number of aliphatic hydroxyl groups excluding tert-OH is 4. The summed E-state index contributed by atoms with van der Waals surface area (Å²) in [5, 5.41) is 37.8. The Labute approximate surface area is 127 Å². The second kappa shape index (κ2) is 6.33. The molecule has 0 aliphatic carbocycles. The molecule has 0 saturated carbocycles. The average Bonchev–Trinajstić information content (AvgIpc) is 2.43. The number of hydrogen-bond donors (Lipinski definition) is 4. The van der Waals surface area contributed by atoms with E-state index in [0.717, 1.165) is 3.57 Å². The molecule has 0 spiro atoms. The molecule has 0 radical (unpaired) electrons. The van der Waals surface area contributed by atoms with Crippen LogP contribution in [0.2, 0.25) is 0 Å². The summed E-state index contributed by atoms with van der Waals surface area (Å²) < 4.78 is 10.7. The molecule has 1 heterocycles. The van der Waals surface area contributed by atoms with Crippen LogP contribution in [0.3, 0.4) is 0 Å². The molecule has 7 nitrogen and oxygen atoms in total. The standard InChI is InChI=1S/C12H13IO7/c13-5-1-3-6(4-2-5)19-12(18)10-8(15)7(14)9(16)11(17)20-10/h1-4,7-11,14-17H/t7-,8-,9+,10-,11+/m0/s1. The molecular formula is C12H13IO7. The first-order chi connectivity index (χ1) is 9.40. The second-order valence-electron chi connectivity index (χ2n) is 4.29. The molecule has 110 valence electrons. The Morgan fingerprint density at radius 3 is 2.25 bits per heavy atom. The van der Waals surface area contributed by atoms with E-state index in [1.54, 1.807) is 24.3 Å². The molecule has 8 heteroatoms. The first kappa shape index (κ1) is 15.6. The molecule has 0 unspecified atom stereocenters. The monoisotopic (exact) mass is 396 g/mol. The molecule has 1 aromatic carbocycles. The van der Waals surface area contributed by atoms with Crippen LogP contribution in [-0.4, -0.2) is 57.1 Å². The van der Waals surface area contributed by atoms with E-state index >= 15 is 0 Å². The van der Waals surface area contributed by atoms with E-state index in [1.165, 1.54) is 0 Å². The fourth-order valence-electron chi connectivity index (χ4n) is 1.73. The van der Waals surface area contributed by atoms with Gasteiger partial charge in [0.2, 0.25) is 0 Å². The van der Waals surface area contributed by atoms with Crippen LogP contribution in [-0.2, 0) is 9.53 Å². The summed E-state index contributed by atoms with van der Waals surface area (Å²) in [6.45, 7) is 0. The Bertz CT molecular complexity index is 477. The van der Waals surface area contributed by atoms with Crippen LogP contribution in [0.5, 0.6) is 5.75 Å². The average molecular weight is 396 g/mol. The lowest BCUT2D eigenvalue weighted by Crippen LogP contribution is -2.60. The van der Waals surface area contributed by atoms with Gasteiger partial charge < -0.3 is 29.9 Å². The van der Waals surface area contributed by atoms with Crippen molar-refractivity contribution in [2.75, 3.05) is 0 Å². The Kier molecular flexibility index (Phi) is 4.94. The number of carbonyl (C=O) groups excluding carboxylic acids is 1. The molecule has 0 amide bonds. The Hall–Kier alpha value is -0.780. The fraction of sp³-hybridized carbons (Fsp3) is 0.417. The van der Waals surface area contributed by atoms with Crippen LogP contribution in [0.15, 0.2) is 24.3 Å². The minimum Gasteiger partial charge on any atom is -0.425 e. The maximum atomic E-state index is 11.8. The van der Waals surface area contributed by atoms with Gasteiger partial charge >= 0.3 is 5.97 Å². The first-order valence-corrected chi connectivity index (χ1v) is 6.83. The number of halogens is 1. The number of carbonyl (C=O) groups is 1. The van der Waals surface area contributed by atoms with Gasteiger partial charge in [-0.1, -0.05) is 0 Å². The zero-order valence-electron chi connectivity index (χ0n) is 10.1. The topological polar surface area (TPSA) is 116 Å². The minimum atomic E-state index is -1.78. The zero-order valence-corrected chi connectivity index (χ0v) is 12.2. The van der Waals surface area contributed by atoms with E-state index < -0.39 is 36.7 Å².